The zero-order valence-corrected chi connectivity index (χ0v) is 20.5. The number of nitro benzene ring substituents is 1. The van der Waals surface area contributed by atoms with E-state index in [1.54, 1.807) is 36.4 Å². The lowest BCUT2D eigenvalue weighted by atomic mass is 10.0. The number of ether oxygens (including phenoxy) is 3. The van der Waals surface area contributed by atoms with Crippen molar-refractivity contribution in [2.75, 3.05) is 7.11 Å². The molecule has 1 atom stereocenters. The van der Waals surface area contributed by atoms with Crippen LogP contribution < -0.4 is 19.6 Å². The van der Waals surface area contributed by atoms with E-state index in [0.717, 1.165) is 10.8 Å². The molecule has 4 aromatic carbocycles. The maximum absolute atomic E-state index is 12.8. The average Bonchev–Trinajstić information content (AvgIpc) is 2.94. The first kappa shape index (κ1) is 25.8. The summed E-state index contributed by atoms with van der Waals surface area (Å²) in [7, 11) is 1.53. The molecule has 1 N–H and O–H groups in total. The zero-order valence-electron chi connectivity index (χ0n) is 20.5. The lowest BCUT2D eigenvalue weighted by Gasteiger charge is -2.13. The molecule has 0 bridgehead atoms. The van der Waals surface area contributed by atoms with Gasteiger partial charge in [0.05, 0.1) is 23.8 Å². The third-order valence-corrected chi connectivity index (χ3v) is 5.56. The van der Waals surface area contributed by atoms with Gasteiger partial charge in [0, 0.05) is 11.6 Å². The van der Waals surface area contributed by atoms with Crippen molar-refractivity contribution >= 4 is 34.6 Å². The summed E-state index contributed by atoms with van der Waals surface area (Å²) >= 11 is 0. The van der Waals surface area contributed by atoms with E-state index in [-0.39, 0.29) is 17.2 Å². The number of para-hydroxylation sites is 2. The Kier molecular flexibility index (Phi) is 7.92. The number of fused-ring (bicyclic) bond motifs is 1. The number of hydrazone groups is 1. The number of methoxy groups -OCH3 is 1. The Bertz CT molecular complexity index is 1520. The Morgan fingerprint density at radius 3 is 2.39 bits per heavy atom. The van der Waals surface area contributed by atoms with E-state index >= 15 is 0 Å². The van der Waals surface area contributed by atoms with Gasteiger partial charge in [-0.1, -0.05) is 42.5 Å². The number of nitro groups is 1. The van der Waals surface area contributed by atoms with Gasteiger partial charge < -0.3 is 14.2 Å². The SMILES string of the molecule is COc1ccc(C(=O)Oc2ccc3ccccc3c2/C=N\NC(=O)[C@H](C)Oc2ccccc2[N+](=O)[O-])cc1. The van der Waals surface area contributed by atoms with Crippen LogP contribution in [-0.2, 0) is 4.79 Å². The first-order valence-corrected chi connectivity index (χ1v) is 11.5. The number of nitrogens with one attached hydrogen (secondary N) is 1. The number of carbonyl (C=O) groups is 2. The Morgan fingerprint density at radius 1 is 0.947 bits per heavy atom. The predicted molar refractivity (Wildman–Crippen MR) is 141 cm³/mol. The number of rotatable bonds is 9. The Hall–Kier alpha value is -5.25. The first-order valence-electron chi connectivity index (χ1n) is 11.5. The van der Waals surface area contributed by atoms with Crippen LogP contribution in [-0.4, -0.2) is 36.2 Å². The van der Waals surface area contributed by atoms with Gasteiger partial charge in [-0.3, -0.25) is 14.9 Å². The minimum absolute atomic E-state index is 0.0362. The molecule has 0 unspecified atom stereocenters. The molecule has 4 aromatic rings. The summed E-state index contributed by atoms with van der Waals surface area (Å²) in [5.74, 6) is -0.391. The van der Waals surface area contributed by atoms with Crippen LogP contribution in [0.5, 0.6) is 17.2 Å². The van der Waals surface area contributed by atoms with Crippen LogP contribution >= 0.6 is 0 Å². The Morgan fingerprint density at radius 2 is 1.66 bits per heavy atom. The van der Waals surface area contributed by atoms with Crippen LogP contribution in [0, 0.1) is 10.1 Å². The molecule has 192 valence electrons. The molecule has 0 aromatic heterocycles. The van der Waals surface area contributed by atoms with Gasteiger partial charge in [0.25, 0.3) is 5.91 Å². The molecule has 1 amide bonds. The monoisotopic (exact) mass is 513 g/mol. The fraction of sp³-hybridized carbons (Fsp3) is 0.107. The van der Waals surface area contributed by atoms with E-state index in [4.69, 9.17) is 14.2 Å². The van der Waals surface area contributed by atoms with Crippen LogP contribution in [0.2, 0.25) is 0 Å². The van der Waals surface area contributed by atoms with Gasteiger partial charge in [-0.25, -0.2) is 10.2 Å². The van der Waals surface area contributed by atoms with E-state index in [9.17, 15) is 19.7 Å². The summed E-state index contributed by atoms with van der Waals surface area (Å²) in [6.45, 7) is 1.45. The summed E-state index contributed by atoms with van der Waals surface area (Å²) in [5.41, 5.74) is 2.92. The van der Waals surface area contributed by atoms with Crippen LogP contribution in [0.3, 0.4) is 0 Å². The fourth-order valence-corrected chi connectivity index (χ4v) is 3.59. The molecule has 0 aliphatic rings. The van der Waals surface area contributed by atoms with E-state index in [0.29, 0.717) is 16.9 Å². The van der Waals surface area contributed by atoms with Crippen molar-refractivity contribution in [3.05, 3.63) is 106 Å². The molecule has 0 aliphatic carbocycles. The van der Waals surface area contributed by atoms with E-state index < -0.39 is 22.9 Å². The normalized spacial score (nSPS) is 11.6. The molecule has 4 rings (SSSR count). The first-order chi connectivity index (χ1) is 18.4. The average molecular weight is 514 g/mol. The van der Waals surface area contributed by atoms with Crippen LogP contribution in [0.1, 0.15) is 22.8 Å². The number of amides is 1. The van der Waals surface area contributed by atoms with Crippen molar-refractivity contribution in [1.29, 1.82) is 0 Å². The molecule has 38 heavy (non-hydrogen) atoms. The minimum Gasteiger partial charge on any atom is -0.497 e. The summed E-state index contributed by atoms with van der Waals surface area (Å²) in [6, 6.07) is 23.1. The van der Waals surface area contributed by atoms with Crippen molar-refractivity contribution in [1.82, 2.24) is 5.43 Å². The number of benzene rings is 4. The van der Waals surface area contributed by atoms with E-state index in [1.165, 1.54) is 38.4 Å². The quantitative estimate of drug-likeness (QED) is 0.111. The molecule has 10 heteroatoms. The van der Waals surface area contributed by atoms with Crippen molar-refractivity contribution in [2.24, 2.45) is 5.10 Å². The van der Waals surface area contributed by atoms with Gasteiger partial charge in [-0.2, -0.15) is 5.10 Å². The number of nitrogens with zero attached hydrogens (tertiary/aromatic N) is 2. The van der Waals surface area contributed by atoms with Gasteiger partial charge in [0.1, 0.15) is 11.5 Å². The van der Waals surface area contributed by atoms with Gasteiger partial charge >= 0.3 is 11.7 Å². The summed E-state index contributed by atoms with van der Waals surface area (Å²) in [4.78, 5) is 36.0. The number of esters is 1. The van der Waals surface area contributed by atoms with Crippen molar-refractivity contribution in [2.45, 2.75) is 13.0 Å². The third kappa shape index (κ3) is 5.93. The molecule has 0 aliphatic heterocycles. The van der Waals surface area contributed by atoms with Crippen LogP contribution in [0.4, 0.5) is 5.69 Å². The summed E-state index contributed by atoms with van der Waals surface area (Å²) < 4.78 is 16.3. The topological polar surface area (TPSA) is 129 Å². The standard InChI is InChI=1S/C28H23N3O7/c1-18(37-26-10-6-5-9-24(26)31(34)35)27(32)30-29-17-23-22-8-4-3-7-19(22)13-16-25(23)38-28(33)20-11-14-21(36-2)15-12-20/h3-18H,1-2H3,(H,30,32)/b29-17-/t18-/m0/s1. The van der Waals surface area contributed by atoms with Crippen LogP contribution in [0.25, 0.3) is 10.8 Å². The lowest BCUT2D eigenvalue weighted by molar-refractivity contribution is -0.386. The molecule has 0 spiro atoms. The number of hydrogen-bond donors (Lipinski definition) is 1. The minimum atomic E-state index is -1.08. The second-order valence-electron chi connectivity index (χ2n) is 8.04. The fourth-order valence-electron chi connectivity index (χ4n) is 3.59. The summed E-state index contributed by atoms with van der Waals surface area (Å²) in [6.07, 6.45) is 0.294. The predicted octanol–water partition coefficient (Wildman–Crippen LogP) is 4.89. The van der Waals surface area contributed by atoms with Crippen molar-refractivity contribution in [3.8, 4) is 17.2 Å². The summed E-state index contributed by atoms with van der Waals surface area (Å²) in [5, 5.41) is 16.8. The molecule has 0 radical (unpaired) electrons. The van der Waals surface area contributed by atoms with Gasteiger partial charge in [0.2, 0.25) is 0 Å². The second-order valence-corrected chi connectivity index (χ2v) is 8.04. The molecular weight excluding hydrogens is 490 g/mol. The smallest absolute Gasteiger partial charge is 0.343 e. The van der Waals surface area contributed by atoms with Crippen molar-refractivity contribution < 1.29 is 28.7 Å². The molecular formula is C28H23N3O7. The number of carbonyl (C=O) groups excluding carboxylic acids is 2. The van der Waals surface area contributed by atoms with Crippen molar-refractivity contribution in [3.63, 3.8) is 0 Å². The highest BCUT2D eigenvalue weighted by Gasteiger charge is 2.20. The second kappa shape index (κ2) is 11.7. The molecule has 0 heterocycles. The zero-order chi connectivity index (χ0) is 27.1. The highest BCUT2D eigenvalue weighted by atomic mass is 16.6. The molecule has 0 fully saturated rings. The maximum atomic E-state index is 12.8. The number of hydrogen-bond acceptors (Lipinski definition) is 8. The lowest BCUT2D eigenvalue weighted by Crippen LogP contribution is -2.33. The van der Waals surface area contributed by atoms with E-state index in [2.05, 4.69) is 10.5 Å². The van der Waals surface area contributed by atoms with Gasteiger partial charge in [-0.15, -0.1) is 0 Å². The highest BCUT2D eigenvalue weighted by Crippen LogP contribution is 2.28. The van der Waals surface area contributed by atoms with Gasteiger partial charge in [-0.05, 0) is 54.1 Å². The van der Waals surface area contributed by atoms with Crippen LogP contribution in [0.15, 0.2) is 90.0 Å². The third-order valence-electron chi connectivity index (χ3n) is 5.56. The van der Waals surface area contributed by atoms with Gasteiger partial charge in [0.15, 0.2) is 11.9 Å². The maximum Gasteiger partial charge on any atom is 0.343 e. The Labute approximate surface area is 217 Å². The largest absolute Gasteiger partial charge is 0.497 e. The highest BCUT2D eigenvalue weighted by molar-refractivity contribution is 6.04. The Balaban J connectivity index is 1.53. The molecule has 0 saturated carbocycles. The molecule has 10 nitrogen and oxygen atoms in total. The van der Waals surface area contributed by atoms with E-state index in [1.807, 2.05) is 30.3 Å². The molecule has 0 saturated heterocycles.